The summed E-state index contributed by atoms with van der Waals surface area (Å²) in [5.74, 6) is 0. The third-order valence-corrected chi connectivity index (χ3v) is 1.95. The summed E-state index contributed by atoms with van der Waals surface area (Å²) < 4.78 is 0. The molecule has 14 heavy (non-hydrogen) atoms. The summed E-state index contributed by atoms with van der Waals surface area (Å²) in [6.45, 7) is 2.04. The van der Waals surface area contributed by atoms with E-state index in [2.05, 4.69) is 15.5 Å². The van der Waals surface area contributed by atoms with Crippen LogP contribution in [0.2, 0.25) is 0 Å². The molecular formula is C10H17N3O. The summed E-state index contributed by atoms with van der Waals surface area (Å²) in [4.78, 5) is 0. The molecule has 0 saturated heterocycles. The third kappa shape index (κ3) is 4.89. The van der Waals surface area contributed by atoms with E-state index >= 15 is 0 Å². The molecule has 1 aromatic rings. The fourth-order valence-corrected chi connectivity index (χ4v) is 1.18. The smallest absolute Gasteiger partial charge is 0.0768 e. The molecule has 1 rings (SSSR count). The van der Waals surface area contributed by atoms with Gasteiger partial charge in [-0.1, -0.05) is 0 Å². The third-order valence-electron chi connectivity index (χ3n) is 1.95. The second-order valence-corrected chi connectivity index (χ2v) is 3.18. The van der Waals surface area contributed by atoms with Crippen molar-refractivity contribution in [3.05, 3.63) is 24.0 Å². The van der Waals surface area contributed by atoms with Crippen molar-refractivity contribution in [2.45, 2.75) is 25.8 Å². The molecule has 0 bridgehead atoms. The molecule has 0 aliphatic rings. The number of unbranched alkanes of at least 4 members (excludes halogenated alkanes) is 2. The highest BCUT2D eigenvalue weighted by Crippen LogP contribution is 1.93. The first-order chi connectivity index (χ1) is 6.93. The SMILES string of the molecule is OCCCCCNCc1cccnn1. The van der Waals surface area contributed by atoms with Crippen LogP contribution in [0.5, 0.6) is 0 Å². The first-order valence-electron chi connectivity index (χ1n) is 5.01. The monoisotopic (exact) mass is 195 g/mol. The Morgan fingerprint density at radius 3 is 2.93 bits per heavy atom. The van der Waals surface area contributed by atoms with Crippen LogP contribution >= 0.6 is 0 Å². The number of aliphatic hydroxyl groups is 1. The molecule has 4 nitrogen and oxygen atoms in total. The highest BCUT2D eigenvalue weighted by molar-refractivity contribution is 4.98. The molecule has 1 heterocycles. The topological polar surface area (TPSA) is 58.0 Å². The van der Waals surface area contributed by atoms with Gasteiger partial charge in [-0.2, -0.15) is 10.2 Å². The molecule has 0 radical (unpaired) electrons. The second-order valence-electron chi connectivity index (χ2n) is 3.18. The van der Waals surface area contributed by atoms with Crippen molar-refractivity contribution in [1.29, 1.82) is 0 Å². The molecule has 0 spiro atoms. The van der Waals surface area contributed by atoms with Gasteiger partial charge in [0.2, 0.25) is 0 Å². The summed E-state index contributed by atoms with van der Waals surface area (Å²) in [5, 5.41) is 19.6. The van der Waals surface area contributed by atoms with Gasteiger partial charge in [-0.05, 0) is 37.9 Å². The van der Waals surface area contributed by atoms with Gasteiger partial charge in [-0.25, -0.2) is 0 Å². The lowest BCUT2D eigenvalue weighted by Crippen LogP contribution is -2.15. The van der Waals surface area contributed by atoms with Crippen LogP contribution in [0.1, 0.15) is 25.0 Å². The first-order valence-corrected chi connectivity index (χ1v) is 5.01. The fourth-order valence-electron chi connectivity index (χ4n) is 1.18. The average molecular weight is 195 g/mol. The molecule has 0 saturated carbocycles. The van der Waals surface area contributed by atoms with Crippen molar-refractivity contribution in [3.8, 4) is 0 Å². The van der Waals surface area contributed by atoms with Gasteiger partial charge in [0.1, 0.15) is 0 Å². The van der Waals surface area contributed by atoms with E-state index in [1.807, 2.05) is 12.1 Å². The van der Waals surface area contributed by atoms with E-state index in [0.717, 1.165) is 38.0 Å². The van der Waals surface area contributed by atoms with E-state index in [9.17, 15) is 0 Å². The fraction of sp³-hybridized carbons (Fsp3) is 0.600. The Hall–Kier alpha value is -1.00. The minimum absolute atomic E-state index is 0.296. The van der Waals surface area contributed by atoms with Crippen LogP contribution in [0.15, 0.2) is 18.3 Å². The largest absolute Gasteiger partial charge is 0.396 e. The van der Waals surface area contributed by atoms with Crippen LogP contribution in [0.3, 0.4) is 0 Å². The molecule has 0 amide bonds. The van der Waals surface area contributed by atoms with E-state index < -0.39 is 0 Å². The molecule has 2 N–H and O–H groups in total. The highest BCUT2D eigenvalue weighted by Gasteiger charge is 1.92. The Labute approximate surface area is 84.4 Å². The Morgan fingerprint density at radius 2 is 2.21 bits per heavy atom. The first kappa shape index (κ1) is 11.1. The van der Waals surface area contributed by atoms with Gasteiger partial charge >= 0.3 is 0 Å². The van der Waals surface area contributed by atoms with E-state index in [0.29, 0.717) is 6.61 Å². The zero-order valence-electron chi connectivity index (χ0n) is 8.32. The van der Waals surface area contributed by atoms with Crippen LogP contribution in [-0.4, -0.2) is 28.5 Å². The van der Waals surface area contributed by atoms with Crippen LogP contribution in [-0.2, 0) is 6.54 Å². The molecule has 0 aliphatic heterocycles. The average Bonchev–Trinajstić information content (AvgIpc) is 2.25. The van der Waals surface area contributed by atoms with Crippen molar-refractivity contribution in [3.63, 3.8) is 0 Å². The number of hydrogen-bond donors (Lipinski definition) is 2. The summed E-state index contributed by atoms with van der Waals surface area (Å²) in [7, 11) is 0. The van der Waals surface area contributed by atoms with Crippen LogP contribution < -0.4 is 5.32 Å². The summed E-state index contributed by atoms with van der Waals surface area (Å²) in [6, 6.07) is 3.84. The van der Waals surface area contributed by atoms with Crippen LogP contribution in [0.25, 0.3) is 0 Å². The highest BCUT2D eigenvalue weighted by atomic mass is 16.2. The van der Waals surface area contributed by atoms with E-state index in [-0.39, 0.29) is 0 Å². The summed E-state index contributed by atoms with van der Waals surface area (Å²) in [5.41, 5.74) is 0.967. The Balaban J connectivity index is 1.99. The summed E-state index contributed by atoms with van der Waals surface area (Å²) >= 11 is 0. The predicted molar refractivity (Wildman–Crippen MR) is 54.7 cm³/mol. The number of nitrogens with one attached hydrogen (secondary N) is 1. The van der Waals surface area contributed by atoms with E-state index in [1.165, 1.54) is 0 Å². The maximum atomic E-state index is 8.56. The number of rotatable bonds is 7. The van der Waals surface area contributed by atoms with Crippen molar-refractivity contribution in [2.75, 3.05) is 13.2 Å². The van der Waals surface area contributed by atoms with Gasteiger partial charge in [-0.3, -0.25) is 0 Å². The van der Waals surface area contributed by atoms with E-state index in [4.69, 9.17) is 5.11 Å². The molecule has 0 atom stereocenters. The van der Waals surface area contributed by atoms with Gasteiger partial charge < -0.3 is 10.4 Å². The van der Waals surface area contributed by atoms with Crippen molar-refractivity contribution in [2.24, 2.45) is 0 Å². The predicted octanol–water partition coefficient (Wildman–Crippen LogP) is 0.729. The minimum atomic E-state index is 0.296. The number of hydrogen-bond acceptors (Lipinski definition) is 4. The number of aliphatic hydroxyl groups excluding tert-OH is 1. The van der Waals surface area contributed by atoms with Crippen LogP contribution in [0.4, 0.5) is 0 Å². The Morgan fingerprint density at radius 1 is 1.29 bits per heavy atom. The van der Waals surface area contributed by atoms with Gasteiger partial charge in [0.15, 0.2) is 0 Å². The lowest BCUT2D eigenvalue weighted by atomic mass is 10.2. The van der Waals surface area contributed by atoms with E-state index in [1.54, 1.807) is 6.20 Å². The molecule has 4 heteroatoms. The van der Waals surface area contributed by atoms with Gasteiger partial charge in [0.25, 0.3) is 0 Å². The van der Waals surface area contributed by atoms with Crippen molar-refractivity contribution >= 4 is 0 Å². The quantitative estimate of drug-likeness (QED) is 0.630. The molecule has 0 aliphatic carbocycles. The summed E-state index contributed by atoms with van der Waals surface area (Å²) in [6.07, 6.45) is 4.74. The van der Waals surface area contributed by atoms with Crippen molar-refractivity contribution in [1.82, 2.24) is 15.5 Å². The molecular weight excluding hydrogens is 178 g/mol. The van der Waals surface area contributed by atoms with Crippen molar-refractivity contribution < 1.29 is 5.11 Å². The standard InChI is InChI=1S/C10H17N3O/c14-8-3-1-2-6-11-9-10-5-4-7-12-13-10/h4-5,7,11,14H,1-3,6,8-9H2. The molecule has 0 unspecified atom stereocenters. The Kier molecular flexibility index (Phi) is 5.86. The molecule has 0 fully saturated rings. The maximum absolute atomic E-state index is 8.56. The lowest BCUT2D eigenvalue weighted by molar-refractivity contribution is 0.283. The minimum Gasteiger partial charge on any atom is -0.396 e. The second kappa shape index (κ2) is 7.41. The Bertz CT molecular complexity index is 228. The van der Waals surface area contributed by atoms with Gasteiger partial charge in [0, 0.05) is 19.3 Å². The van der Waals surface area contributed by atoms with Gasteiger partial charge in [0.05, 0.1) is 5.69 Å². The maximum Gasteiger partial charge on any atom is 0.0768 e. The van der Waals surface area contributed by atoms with Crippen LogP contribution in [0, 0.1) is 0 Å². The lowest BCUT2D eigenvalue weighted by Gasteiger charge is -2.02. The molecule has 78 valence electrons. The number of aromatic nitrogens is 2. The normalized spacial score (nSPS) is 10.4. The zero-order valence-corrected chi connectivity index (χ0v) is 8.32. The zero-order chi connectivity index (χ0) is 10.1. The van der Waals surface area contributed by atoms with Gasteiger partial charge in [-0.15, -0.1) is 0 Å². The molecule has 0 aromatic carbocycles. The number of nitrogens with zero attached hydrogens (tertiary/aromatic N) is 2. The molecule has 1 aromatic heterocycles.